The largest absolute Gasteiger partial charge is 0.461 e. The maximum Gasteiger partial charge on any atom is 0.384 e. The molecule has 0 unspecified atom stereocenters. The Labute approximate surface area is 138 Å². The fourth-order valence-electron chi connectivity index (χ4n) is 1.12. The molecule has 1 aromatic rings. The Bertz CT molecular complexity index is 648. The van der Waals surface area contributed by atoms with Crippen LogP contribution in [0.2, 0.25) is 0 Å². The Morgan fingerprint density at radius 3 is 1.92 bits per heavy atom. The van der Waals surface area contributed by atoms with Crippen LogP contribution in [0.3, 0.4) is 0 Å². The molecule has 0 bridgehead atoms. The number of hydrogen-bond donors (Lipinski definition) is 1. The van der Waals surface area contributed by atoms with Gasteiger partial charge in [-0.25, -0.2) is 19.4 Å². The first-order chi connectivity index (χ1) is 11.4. The Kier molecular flexibility index (Phi) is 10.8. The highest BCUT2D eigenvalue weighted by Gasteiger charge is 2.07. The van der Waals surface area contributed by atoms with Crippen LogP contribution in [0.5, 0.6) is 0 Å². The van der Waals surface area contributed by atoms with E-state index in [1.54, 1.807) is 20.8 Å². The van der Waals surface area contributed by atoms with E-state index in [9.17, 15) is 19.2 Å². The van der Waals surface area contributed by atoms with Gasteiger partial charge in [0, 0.05) is 17.9 Å². The zero-order valence-electron chi connectivity index (χ0n) is 13.6. The van der Waals surface area contributed by atoms with E-state index in [0.29, 0.717) is 0 Å². The molecule has 9 heteroatoms. The number of nitrogens with zero attached hydrogens (tertiary/aromatic N) is 1. The lowest BCUT2D eigenvalue weighted by atomic mass is 10.4. The molecule has 0 radical (unpaired) electrons. The molecule has 130 valence electrons. The van der Waals surface area contributed by atoms with Crippen molar-refractivity contribution in [1.29, 1.82) is 0 Å². The van der Waals surface area contributed by atoms with Crippen LogP contribution in [0, 0.1) is 11.8 Å². The van der Waals surface area contributed by atoms with Crippen LogP contribution in [0.25, 0.3) is 0 Å². The molecule has 0 aliphatic rings. The number of esters is 3. The zero-order chi connectivity index (χ0) is 18.4. The summed E-state index contributed by atoms with van der Waals surface area (Å²) in [5.41, 5.74) is -0.339. The third kappa shape index (κ3) is 9.73. The van der Waals surface area contributed by atoms with Gasteiger partial charge in [-0.05, 0) is 20.8 Å². The Balaban J connectivity index is 0.000000441. The topological polar surface area (TPSA) is 125 Å². The van der Waals surface area contributed by atoms with Crippen molar-refractivity contribution < 1.29 is 28.6 Å². The third-order valence-electron chi connectivity index (χ3n) is 1.98. The molecule has 1 N–H and O–H groups in total. The number of aromatic nitrogens is 2. The van der Waals surface area contributed by atoms with Crippen molar-refractivity contribution in [2.75, 3.05) is 19.8 Å². The predicted molar refractivity (Wildman–Crippen MR) is 81.9 cm³/mol. The molecule has 0 saturated heterocycles. The molecule has 1 heterocycles. The zero-order valence-corrected chi connectivity index (χ0v) is 13.6. The van der Waals surface area contributed by atoms with E-state index in [1.165, 1.54) is 0 Å². The van der Waals surface area contributed by atoms with Crippen LogP contribution in [0.15, 0.2) is 17.2 Å². The van der Waals surface area contributed by atoms with E-state index in [-0.39, 0.29) is 31.1 Å². The summed E-state index contributed by atoms with van der Waals surface area (Å²) in [6.45, 7) is 5.76. The summed E-state index contributed by atoms with van der Waals surface area (Å²) in [6, 6.07) is 1.10. The normalized spacial score (nSPS) is 8.62. The minimum atomic E-state index is -0.717. The second-order valence-corrected chi connectivity index (χ2v) is 3.71. The van der Waals surface area contributed by atoms with Crippen molar-refractivity contribution in [3.63, 3.8) is 0 Å². The van der Waals surface area contributed by atoms with Crippen molar-refractivity contribution in [1.82, 2.24) is 9.97 Å². The minimum Gasteiger partial charge on any atom is -0.461 e. The third-order valence-corrected chi connectivity index (χ3v) is 1.98. The van der Waals surface area contributed by atoms with Gasteiger partial charge < -0.3 is 19.2 Å². The van der Waals surface area contributed by atoms with Gasteiger partial charge in [-0.1, -0.05) is 0 Å². The first kappa shape index (κ1) is 20.9. The van der Waals surface area contributed by atoms with Crippen molar-refractivity contribution in [2.45, 2.75) is 20.8 Å². The van der Waals surface area contributed by atoms with Gasteiger partial charge in [-0.2, -0.15) is 0 Å². The van der Waals surface area contributed by atoms with Crippen LogP contribution < -0.4 is 5.56 Å². The lowest BCUT2D eigenvalue weighted by Crippen LogP contribution is -2.13. The summed E-state index contributed by atoms with van der Waals surface area (Å²) in [4.78, 5) is 48.7. The molecule has 0 amide bonds. The van der Waals surface area contributed by atoms with Crippen molar-refractivity contribution >= 4 is 17.9 Å². The number of hydrogen-bond acceptors (Lipinski definition) is 8. The highest BCUT2D eigenvalue weighted by molar-refractivity contribution is 5.98. The van der Waals surface area contributed by atoms with Gasteiger partial charge in [0.2, 0.25) is 0 Å². The summed E-state index contributed by atoms with van der Waals surface area (Å²) in [5, 5.41) is 0. The lowest BCUT2D eigenvalue weighted by molar-refractivity contribution is -0.138. The molecule has 1 aromatic heterocycles. The monoisotopic (exact) mass is 338 g/mol. The quantitative estimate of drug-likeness (QED) is 0.354. The standard InChI is InChI=1S/C8H10O4.C7H8N2O3/c1-3-11-7(9)5-6-8(10)12-4-2;1-2-12-7(11)5-3-6(10)9-4-8-5/h3-4H2,1-2H3;3-4H,2H2,1H3,(H,8,9,10). The van der Waals surface area contributed by atoms with Crippen molar-refractivity contribution in [3.8, 4) is 11.8 Å². The lowest BCUT2D eigenvalue weighted by Gasteiger charge is -1.98. The Hall–Kier alpha value is -3.15. The smallest absolute Gasteiger partial charge is 0.384 e. The van der Waals surface area contributed by atoms with E-state index in [2.05, 4.69) is 24.2 Å². The number of aromatic amines is 1. The summed E-state index contributed by atoms with van der Waals surface area (Å²) >= 11 is 0. The Morgan fingerprint density at radius 2 is 1.50 bits per heavy atom. The summed E-state index contributed by atoms with van der Waals surface area (Å²) in [6.07, 6.45) is 1.16. The highest BCUT2D eigenvalue weighted by Crippen LogP contribution is 1.91. The minimum absolute atomic E-state index is 0.0283. The van der Waals surface area contributed by atoms with Crippen LogP contribution in [-0.2, 0) is 23.8 Å². The van der Waals surface area contributed by atoms with Crippen LogP contribution >= 0.6 is 0 Å². The van der Waals surface area contributed by atoms with Gasteiger partial charge in [0.05, 0.1) is 26.1 Å². The van der Waals surface area contributed by atoms with Crippen molar-refractivity contribution in [2.24, 2.45) is 0 Å². The fourth-order valence-corrected chi connectivity index (χ4v) is 1.12. The van der Waals surface area contributed by atoms with Gasteiger partial charge in [0.15, 0.2) is 5.69 Å². The van der Waals surface area contributed by atoms with Gasteiger partial charge in [-0.3, -0.25) is 4.79 Å². The SMILES string of the molecule is CCOC(=O)C#CC(=O)OCC.CCOC(=O)c1cc(=O)[nH]cn1. The number of H-pyrrole nitrogens is 1. The van der Waals surface area contributed by atoms with Gasteiger partial charge in [0.1, 0.15) is 0 Å². The summed E-state index contributed by atoms with van der Waals surface area (Å²) in [7, 11) is 0. The number of carbonyl (C=O) groups excluding carboxylic acids is 3. The van der Waals surface area contributed by atoms with E-state index in [0.717, 1.165) is 12.4 Å². The summed E-state index contributed by atoms with van der Waals surface area (Å²) in [5.74, 6) is 1.95. The molecule has 9 nitrogen and oxygen atoms in total. The van der Waals surface area contributed by atoms with Crippen molar-refractivity contribution in [3.05, 3.63) is 28.4 Å². The molecule has 0 aliphatic carbocycles. The van der Waals surface area contributed by atoms with E-state index < -0.39 is 17.9 Å². The fraction of sp³-hybridized carbons (Fsp3) is 0.400. The average molecular weight is 338 g/mol. The number of ether oxygens (including phenoxy) is 3. The molecule has 0 atom stereocenters. The molecular formula is C15H18N2O7. The number of carbonyl (C=O) groups is 3. The Morgan fingerprint density at radius 1 is 1.00 bits per heavy atom. The molecule has 0 saturated carbocycles. The van der Waals surface area contributed by atoms with Crippen LogP contribution in [0.4, 0.5) is 0 Å². The molecule has 0 aliphatic heterocycles. The molecule has 0 aromatic carbocycles. The molecule has 0 fully saturated rings. The average Bonchev–Trinajstić information content (AvgIpc) is 2.54. The maximum absolute atomic E-state index is 11.0. The van der Waals surface area contributed by atoms with Gasteiger partial charge >= 0.3 is 17.9 Å². The second-order valence-electron chi connectivity index (χ2n) is 3.71. The van der Waals surface area contributed by atoms with Crippen LogP contribution in [-0.4, -0.2) is 47.7 Å². The number of rotatable bonds is 4. The van der Waals surface area contributed by atoms with Gasteiger partial charge in [-0.15, -0.1) is 0 Å². The van der Waals surface area contributed by atoms with E-state index in [4.69, 9.17) is 0 Å². The first-order valence-electron chi connectivity index (χ1n) is 7.01. The van der Waals surface area contributed by atoms with Gasteiger partial charge in [0.25, 0.3) is 5.56 Å². The molecular weight excluding hydrogens is 320 g/mol. The summed E-state index contributed by atoms with van der Waals surface area (Å²) < 4.78 is 13.5. The number of nitrogens with one attached hydrogen (secondary N) is 1. The van der Waals surface area contributed by atoms with E-state index in [1.807, 2.05) is 11.8 Å². The molecule has 0 spiro atoms. The second kappa shape index (κ2) is 12.4. The first-order valence-corrected chi connectivity index (χ1v) is 7.01. The predicted octanol–water partition coefficient (Wildman–Crippen LogP) is 0.0626. The molecule has 24 heavy (non-hydrogen) atoms. The van der Waals surface area contributed by atoms with Crippen LogP contribution in [0.1, 0.15) is 31.3 Å². The maximum atomic E-state index is 11.0. The highest BCUT2D eigenvalue weighted by atomic mass is 16.5. The molecule has 1 rings (SSSR count). The van der Waals surface area contributed by atoms with E-state index >= 15 is 0 Å².